The quantitative estimate of drug-likeness (QED) is 0.701. The fourth-order valence-electron chi connectivity index (χ4n) is 2.16. The predicted molar refractivity (Wildman–Crippen MR) is 86.8 cm³/mol. The Morgan fingerprint density at radius 2 is 1.70 bits per heavy atom. The topological polar surface area (TPSA) is 20.3 Å². The summed E-state index contributed by atoms with van der Waals surface area (Å²) in [5.74, 6) is 0.185. The third-order valence-corrected chi connectivity index (χ3v) is 3.68. The van der Waals surface area contributed by atoms with E-state index in [0.29, 0.717) is 0 Å². The first-order chi connectivity index (χ1) is 9.39. The SMILES string of the molecule is CCN(CC)CC(C)(C)C(=O)/C=C\c1ccc(C)cc1. The van der Waals surface area contributed by atoms with Crippen molar-refractivity contribution in [2.45, 2.75) is 34.6 Å². The normalized spacial score (nSPS) is 12.3. The molecule has 0 spiro atoms. The number of carbonyl (C=O) groups is 1. The third kappa shape index (κ3) is 4.93. The van der Waals surface area contributed by atoms with Crippen LogP contribution in [0, 0.1) is 12.3 Å². The van der Waals surface area contributed by atoms with E-state index in [-0.39, 0.29) is 11.2 Å². The van der Waals surface area contributed by atoms with Gasteiger partial charge in [0.15, 0.2) is 5.78 Å². The summed E-state index contributed by atoms with van der Waals surface area (Å²) in [6, 6.07) is 8.20. The molecular weight excluding hydrogens is 246 g/mol. The maximum atomic E-state index is 12.4. The Labute approximate surface area is 123 Å². The van der Waals surface area contributed by atoms with Crippen LogP contribution < -0.4 is 0 Å². The summed E-state index contributed by atoms with van der Waals surface area (Å²) in [5, 5.41) is 0. The van der Waals surface area contributed by atoms with E-state index >= 15 is 0 Å². The lowest BCUT2D eigenvalue weighted by Crippen LogP contribution is -2.38. The fraction of sp³-hybridized carbons (Fsp3) is 0.500. The number of rotatable bonds is 7. The van der Waals surface area contributed by atoms with Crippen LogP contribution in [-0.2, 0) is 4.79 Å². The summed E-state index contributed by atoms with van der Waals surface area (Å²) in [5.41, 5.74) is 1.96. The number of allylic oxidation sites excluding steroid dienone is 1. The summed E-state index contributed by atoms with van der Waals surface area (Å²) >= 11 is 0. The largest absolute Gasteiger partial charge is 0.303 e. The molecule has 2 heteroatoms. The molecule has 0 heterocycles. The van der Waals surface area contributed by atoms with Crippen molar-refractivity contribution in [1.29, 1.82) is 0 Å². The van der Waals surface area contributed by atoms with Crippen LogP contribution in [0.4, 0.5) is 0 Å². The highest BCUT2D eigenvalue weighted by Crippen LogP contribution is 2.20. The van der Waals surface area contributed by atoms with E-state index in [0.717, 1.165) is 25.2 Å². The van der Waals surface area contributed by atoms with Gasteiger partial charge >= 0.3 is 0 Å². The van der Waals surface area contributed by atoms with Gasteiger partial charge in [-0.3, -0.25) is 4.79 Å². The molecule has 0 bridgehead atoms. The average Bonchev–Trinajstić information content (AvgIpc) is 2.43. The molecule has 0 radical (unpaired) electrons. The van der Waals surface area contributed by atoms with Gasteiger partial charge in [0, 0.05) is 12.0 Å². The van der Waals surface area contributed by atoms with E-state index in [1.807, 2.05) is 32.1 Å². The van der Waals surface area contributed by atoms with Gasteiger partial charge in [0.25, 0.3) is 0 Å². The highest BCUT2D eigenvalue weighted by Gasteiger charge is 2.27. The molecule has 0 saturated carbocycles. The second kappa shape index (κ2) is 7.39. The van der Waals surface area contributed by atoms with Gasteiger partial charge < -0.3 is 4.90 Å². The Bertz CT molecular complexity index is 453. The molecule has 20 heavy (non-hydrogen) atoms. The minimum Gasteiger partial charge on any atom is -0.303 e. The predicted octanol–water partition coefficient (Wildman–Crippen LogP) is 3.95. The molecule has 2 nitrogen and oxygen atoms in total. The average molecular weight is 273 g/mol. The molecule has 0 fully saturated rings. The Balaban J connectivity index is 2.71. The molecule has 0 N–H and O–H groups in total. The van der Waals surface area contributed by atoms with Crippen molar-refractivity contribution in [2.24, 2.45) is 5.41 Å². The summed E-state index contributed by atoms with van der Waals surface area (Å²) in [4.78, 5) is 14.6. The molecule has 110 valence electrons. The van der Waals surface area contributed by atoms with Crippen molar-refractivity contribution in [3.8, 4) is 0 Å². The molecular formula is C18H27NO. The molecule has 0 unspecified atom stereocenters. The van der Waals surface area contributed by atoms with Crippen LogP contribution in [0.3, 0.4) is 0 Å². The van der Waals surface area contributed by atoms with Crippen LogP contribution in [-0.4, -0.2) is 30.3 Å². The van der Waals surface area contributed by atoms with Gasteiger partial charge in [-0.2, -0.15) is 0 Å². The smallest absolute Gasteiger partial charge is 0.162 e. The van der Waals surface area contributed by atoms with Crippen LogP contribution in [0.5, 0.6) is 0 Å². The van der Waals surface area contributed by atoms with Gasteiger partial charge in [0.1, 0.15) is 0 Å². The second-order valence-electron chi connectivity index (χ2n) is 5.95. The Morgan fingerprint density at radius 3 is 2.20 bits per heavy atom. The number of hydrogen-bond acceptors (Lipinski definition) is 2. The van der Waals surface area contributed by atoms with E-state index in [4.69, 9.17) is 0 Å². The summed E-state index contributed by atoms with van der Waals surface area (Å²) in [6.45, 7) is 13.1. The van der Waals surface area contributed by atoms with Gasteiger partial charge in [0.2, 0.25) is 0 Å². The molecule has 0 aromatic heterocycles. The molecule has 0 aliphatic heterocycles. The third-order valence-electron chi connectivity index (χ3n) is 3.68. The van der Waals surface area contributed by atoms with Gasteiger partial charge in [0.05, 0.1) is 0 Å². The second-order valence-corrected chi connectivity index (χ2v) is 5.95. The standard InChI is InChI=1S/C18H27NO/c1-6-19(7-2)14-18(4,5)17(20)13-12-16-10-8-15(3)9-11-16/h8-13H,6-7,14H2,1-5H3/b13-12-. The van der Waals surface area contributed by atoms with E-state index in [9.17, 15) is 4.79 Å². The van der Waals surface area contributed by atoms with Crippen molar-refractivity contribution in [1.82, 2.24) is 4.90 Å². The summed E-state index contributed by atoms with van der Waals surface area (Å²) in [7, 11) is 0. The maximum absolute atomic E-state index is 12.4. The van der Waals surface area contributed by atoms with E-state index < -0.39 is 0 Å². The number of nitrogens with zero attached hydrogens (tertiary/aromatic N) is 1. The monoisotopic (exact) mass is 273 g/mol. The molecule has 1 aromatic rings. The van der Waals surface area contributed by atoms with E-state index in [1.54, 1.807) is 6.08 Å². The number of benzene rings is 1. The van der Waals surface area contributed by atoms with Gasteiger partial charge in [-0.1, -0.05) is 63.6 Å². The zero-order valence-corrected chi connectivity index (χ0v) is 13.4. The maximum Gasteiger partial charge on any atom is 0.162 e. The summed E-state index contributed by atoms with van der Waals surface area (Å²) in [6.07, 6.45) is 3.62. The first-order valence-electron chi connectivity index (χ1n) is 7.40. The fourth-order valence-corrected chi connectivity index (χ4v) is 2.16. The van der Waals surface area contributed by atoms with Crippen molar-refractivity contribution in [3.05, 3.63) is 41.5 Å². The molecule has 0 amide bonds. The van der Waals surface area contributed by atoms with Gasteiger partial charge in [-0.05, 0) is 31.7 Å². The van der Waals surface area contributed by atoms with E-state index in [2.05, 4.69) is 37.8 Å². The highest BCUT2D eigenvalue weighted by molar-refractivity contribution is 5.97. The first-order valence-corrected chi connectivity index (χ1v) is 7.40. The van der Waals surface area contributed by atoms with Gasteiger partial charge in [-0.25, -0.2) is 0 Å². The van der Waals surface area contributed by atoms with Crippen molar-refractivity contribution in [2.75, 3.05) is 19.6 Å². The van der Waals surface area contributed by atoms with Crippen LogP contribution in [0.15, 0.2) is 30.3 Å². The van der Waals surface area contributed by atoms with Crippen molar-refractivity contribution >= 4 is 11.9 Å². The minimum absolute atomic E-state index is 0.185. The first kappa shape index (κ1) is 16.6. The Morgan fingerprint density at radius 1 is 1.15 bits per heavy atom. The highest BCUT2D eigenvalue weighted by atomic mass is 16.1. The van der Waals surface area contributed by atoms with E-state index in [1.165, 1.54) is 5.56 Å². The van der Waals surface area contributed by atoms with Crippen LogP contribution in [0.2, 0.25) is 0 Å². The van der Waals surface area contributed by atoms with Crippen LogP contribution >= 0.6 is 0 Å². The zero-order valence-electron chi connectivity index (χ0n) is 13.4. The lowest BCUT2D eigenvalue weighted by molar-refractivity contribution is -0.123. The molecule has 0 aliphatic rings. The van der Waals surface area contributed by atoms with Crippen molar-refractivity contribution < 1.29 is 4.79 Å². The van der Waals surface area contributed by atoms with Crippen molar-refractivity contribution in [3.63, 3.8) is 0 Å². The van der Waals surface area contributed by atoms with Gasteiger partial charge in [-0.15, -0.1) is 0 Å². The molecule has 1 rings (SSSR count). The zero-order chi connectivity index (χ0) is 15.2. The van der Waals surface area contributed by atoms with Crippen LogP contribution in [0.25, 0.3) is 6.08 Å². The van der Waals surface area contributed by atoms with Crippen LogP contribution in [0.1, 0.15) is 38.8 Å². The number of ketones is 1. The Hall–Kier alpha value is -1.41. The molecule has 0 saturated heterocycles. The molecule has 0 aliphatic carbocycles. The lowest BCUT2D eigenvalue weighted by Gasteiger charge is -2.29. The Kier molecular flexibility index (Phi) is 6.15. The number of hydrogen-bond donors (Lipinski definition) is 0. The molecule has 1 aromatic carbocycles. The minimum atomic E-state index is -0.340. The number of aryl methyl sites for hydroxylation is 1. The number of carbonyl (C=O) groups excluding carboxylic acids is 1. The summed E-state index contributed by atoms with van der Waals surface area (Å²) < 4.78 is 0. The lowest BCUT2D eigenvalue weighted by atomic mass is 9.86. The molecule has 0 atom stereocenters.